The van der Waals surface area contributed by atoms with Crippen molar-refractivity contribution in [2.24, 2.45) is 0 Å². The number of anilines is 1. The number of benzene rings is 1. The van der Waals surface area contributed by atoms with Gasteiger partial charge in [0.1, 0.15) is 0 Å². The van der Waals surface area contributed by atoms with E-state index in [0.717, 1.165) is 37.8 Å². The second-order valence-corrected chi connectivity index (χ2v) is 5.26. The molecule has 1 aliphatic rings. The van der Waals surface area contributed by atoms with Crippen LogP contribution in [0.5, 0.6) is 0 Å². The Balaban J connectivity index is 0.00000176. The van der Waals surface area contributed by atoms with E-state index < -0.39 is 11.7 Å². The summed E-state index contributed by atoms with van der Waals surface area (Å²) in [5, 5.41) is 7.14. The molecule has 22 heavy (non-hydrogen) atoms. The molecule has 2 aromatic rings. The highest BCUT2D eigenvalue weighted by molar-refractivity contribution is 5.91. The molecule has 0 radical (unpaired) electrons. The Bertz CT molecular complexity index is 639. The Labute approximate surface area is 132 Å². The summed E-state index contributed by atoms with van der Waals surface area (Å²) >= 11 is 0. The zero-order valence-electron chi connectivity index (χ0n) is 11.8. The van der Waals surface area contributed by atoms with Crippen molar-refractivity contribution in [1.29, 1.82) is 0 Å². The van der Waals surface area contributed by atoms with E-state index in [1.807, 2.05) is 12.1 Å². The van der Waals surface area contributed by atoms with Gasteiger partial charge in [-0.15, -0.1) is 12.4 Å². The average molecular weight is 332 g/mol. The fourth-order valence-electron chi connectivity index (χ4n) is 2.62. The minimum atomic E-state index is -4.37. The summed E-state index contributed by atoms with van der Waals surface area (Å²) in [6.07, 6.45) is -1.56. The van der Waals surface area contributed by atoms with Crippen LogP contribution in [-0.2, 0) is 6.18 Å². The van der Waals surface area contributed by atoms with Gasteiger partial charge in [0, 0.05) is 23.3 Å². The lowest BCUT2D eigenvalue weighted by Gasteiger charge is -2.25. The normalized spacial score (nSPS) is 16.3. The highest BCUT2D eigenvalue weighted by atomic mass is 35.5. The van der Waals surface area contributed by atoms with Gasteiger partial charge < -0.3 is 10.6 Å². The number of fused-ring (bicyclic) bond motifs is 1. The summed E-state index contributed by atoms with van der Waals surface area (Å²) in [6.45, 7) is 1.85. The van der Waals surface area contributed by atoms with Crippen molar-refractivity contribution in [1.82, 2.24) is 10.3 Å². The van der Waals surface area contributed by atoms with E-state index in [2.05, 4.69) is 15.6 Å². The van der Waals surface area contributed by atoms with Crippen LogP contribution < -0.4 is 10.6 Å². The molecule has 2 heterocycles. The number of hydrogen-bond donors (Lipinski definition) is 2. The second-order valence-electron chi connectivity index (χ2n) is 5.26. The van der Waals surface area contributed by atoms with Crippen LogP contribution >= 0.6 is 12.4 Å². The lowest BCUT2D eigenvalue weighted by molar-refractivity contribution is -0.137. The molecule has 0 unspecified atom stereocenters. The lowest BCUT2D eigenvalue weighted by atomic mass is 10.0. The van der Waals surface area contributed by atoms with E-state index in [1.165, 1.54) is 6.07 Å². The maximum absolute atomic E-state index is 12.8. The molecule has 1 saturated heterocycles. The van der Waals surface area contributed by atoms with Crippen molar-refractivity contribution in [2.75, 3.05) is 18.4 Å². The van der Waals surface area contributed by atoms with Crippen molar-refractivity contribution in [3.63, 3.8) is 0 Å². The molecular formula is C15H17ClF3N3. The highest BCUT2D eigenvalue weighted by Crippen LogP contribution is 2.32. The molecule has 2 N–H and O–H groups in total. The fraction of sp³-hybridized carbons (Fsp3) is 0.400. The lowest BCUT2D eigenvalue weighted by Crippen LogP contribution is -2.35. The predicted molar refractivity (Wildman–Crippen MR) is 83.5 cm³/mol. The third-order valence-electron chi connectivity index (χ3n) is 3.75. The van der Waals surface area contributed by atoms with Crippen LogP contribution in [0.1, 0.15) is 18.4 Å². The highest BCUT2D eigenvalue weighted by Gasteiger charge is 2.31. The van der Waals surface area contributed by atoms with Crippen LogP contribution in [-0.4, -0.2) is 24.1 Å². The van der Waals surface area contributed by atoms with Crippen LogP contribution in [0.2, 0.25) is 0 Å². The second kappa shape index (κ2) is 6.71. The molecule has 0 atom stereocenters. The van der Waals surface area contributed by atoms with Gasteiger partial charge >= 0.3 is 6.18 Å². The van der Waals surface area contributed by atoms with Crippen molar-refractivity contribution in [2.45, 2.75) is 25.1 Å². The third-order valence-corrected chi connectivity index (χ3v) is 3.75. The fourth-order valence-corrected chi connectivity index (χ4v) is 2.62. The van der Waals surface area contributed by atoms with Crippen molar-refractivity contribution in [3.05, 3.63) is 36.0 Å². The topological polar surface area (TPSA) is 37.0 Å². The molecule has 0 spiro atoms. The van der Waals surface area contributed by atoms with Gasteiger partial charge in [0.25, 0.3) is 0 Å². The molecule has 0 amide bonds. The number of pyridine rings is 1. The summed E-state index contributed by atoms with van der Waals surface area (Å²) in [4.78, 5) is 3.93. The predicted octanol–water partition coefficient (Wildman–Crippen LogP) is 3.84. The Kier molecular flexibility index (Phi) is 5.13. The molecule has 0 bridgehead atoms. The summed E-state index contributed by atoms with van der Waals surface area (Å²) in [7, 11) is 0. The maximum Gasteiger partial charge on any atom is 0.417 e. The number of piperidine rings is 1. The number of aromatic nitrogens is 1. The zero-order valence-corrected chi connectivity index (χ0v) is 12.6. The largest absolute Gasteiger partial charge is 0.417 e. The molecule has 1 fully saturated rings. The average Bonchev–Trinajstić information content (AvgIpc) is 2.47. The van der Waals surface area contributed by atoms with E-state index in [9.17, 15) is 13.2 Å². The zero-order chi connectivity index (χ0) is 14.9. The van der Waals surface area contributed by atoms with Gasteiger partial charge in [0.2, 0.25) is 0 Å². The van der Waals surface area contributed by atoms with Gasteiger partial charge in [-0.25, -0.2) is 0 Å². The van der Waals surface area contributed by atoms with Crippen molar-refractivity contribution >= 4 is 29.0 Å². The molecule has 3 nitrogen and oxygen atoms in total. The number of nitrogens with one attached hydrogen (secondary N) is 2. The van der Waals surface area contributed by atoms with Gasteiger partial charge in [-0.1, -0.05) is 6.07 Å². The summed E-state index contributed by atoms with van der Waals surface area (Å²) in [5.74, 6) is 0. The molecule has 0 aliphatic carbocycles. The molecule has 3 rings (SSSR count). The van der Waals surface area contributed by atoms with Gasteiger partial charge in [-0.3, -0.25) is 4.98 Å². The SMILES string of the molecule is Cl.FC(F)(F)c1cnc2cccc(NC3CCNCC3)c2c1. The van der Waals surface area contributed by atoms with Crippen LogP contribution in [0.25, 0.3) is 10.9 Å². The Morgan fingerprint density at radius 3 is 2.59 bits per heavy atom. The monoisotopic (exact) mass is 331 g/mol. The number of alkyl halides is 3. The van der Waals surface area contributed by atoms with E-state index in [0.29, 0.717) is 10.9 Å². The Morgan fingerprint density at radius 1 is 1.18 bits per heavy atom. The number of halogens is 4. The van der Waals surface area contributed by atoms with E-state index in [4.69, 9.17) is 0 Å². The minimum Gasteiger partial charge on any atom is -0.382 e. The standard InChI is InChI=1S/C15H16F3N3.ClH/c16-15(17,18)10-8-12-13(20-9-10)2-1-3-14(12)21-11-4-6-19-7-5-11;/h1-3,8-9,11,19,21H,4-7H2;1H. The van der Waals surface area contributed by atoms with Crippen LogP contribution in [0, 0.1) is 0 Å². The quantitative estimate of drug-likeness (QED) is 0.878. The summed E-state index contributed by atoms with van der Waals surface area (Å²) < 4.78 is 38.5. The van der Waals surface area contributed by atoms with Gasteiger partial charge in [-0.2, -0.15) is 13.2 Å². The van der Waals surface area contributed by atoms with E-state index >= 15 is 0 Å². The third kappa shape index (κ3) is 3.62. The van der Waals surface area contributed by atoms with Crippen LogP contribution in [0.3, 0.4) is 0 Å². The molecule has 120 valence electrons. The molecule has 7 heteroatoms. The number of hydrogen-bond acceptors (Lipinski definition) is 3. The summed E-state index contributed by atoms with van der Waals surface area (Å²) in [6, 6.07) is 6.80. The van der Waals surface area contributed by atoms with Crippen LogP contribution in [0.4, 0.5) is 18.9 Å². The first-order chi connectivity index (χ1) is 10.0. The Morgan fingerprint density at radius 2 is 1.91 bits per heavy atom. The molecule has 1 aliphatic heterocycles. The minimum absolute atomic E-state index is 0. The number of rotatable bonds is 2. The molecule has 1 aromatic heterocycles. The van der Waals surface area contributed by atoms with Crippen LogP contribution in [0.15, 0.2) is 30.5 Å². The molecular weight excluding hydrogens is 315 g/mol. The van der Waals surface area contributed by atoms with Gasteiger partial charge in [-0.05, 0) is 44.1 Å². The first kappa shape index (κ1) is 16.8. The molecule has 1 aromatic carbocycles. The van der Waals surface area contributed by atoms with E-state index in [-0.39, 0.29) is 18.4 Å². The van der Waals surface area contributed by atoms with E-state index in [1.54, 1.807) is 6.07 Å². The first-order valence-electron chi connectivity index (χ1n) is 6.97. The summed E-state index contributed by atoms with van der Waals surface area (Å²) in [5.41, 5.74) is 0.578. The Hall–Kier alpha value is -1.53. The molecule has 0 saturated carbocycles. The number of nitrogens with zero attached hydrogens (tertiary/aromatic N) is 1. The van der Waals surface area contributed by atoms with Gasteiger partial charge in [0.05, 0.1) is 11.1 Å². The maximum atomic E-state index is 12.8. The smallest absolute Gasteiger partial charge is 0.382 e. The van der Waals surface area contributed by atoms with Gasteiger partial charge in [0.15, 0.2) is 0 Å². The first-order valence-corrected chi connectivity index (χ1v) is 6.97. The van der Waals surface area contributed by atoms with Crippen molar-refractivity contribution < 1.29 is 13.2 Å². The van der Waals surface area contributed by atoms with Crippen molar-refractivity contribution in [3.8, 4) is 0 Å².